The van der Waals surface area contributed by atoms with Crippen LogP contribution in [-0.4, -0.2) is 31.0 Å². The molecule has 2 rings (SSSR count). The largest absolute Gasteiger partial charge is 0.496 e. The van der Waals surface area contributed by atoms with E-state index in [2.05, 4.69) is 10.6 Å². The minimum atomic E-state index is -0.537. The van der Waals surface area contributed by atoms with Gasteiger partial charge in [-0.3, -0.25) is 9.59 Å². The summed E-state index contributed by atoms with van der Waals surface area (Å²) in [5, 5.41) is 5.35. The third-order valence-electron chi connectivity index (χ3n) is 3.00. The average Bonchev–Trinajstić information content (AvgIpc) is 2.36. The Balaban J connectivity index is 2.13. The Labute approximate surface area is 106 Å². The fourth-order valence-corrected chi connectivity index (χ4v) is 1.98. The molecule has 1 saturated heterocycles. The molecule has 0 radical (unpaired) electrons. The van der Waals surface area contributed by atoms with E-state index in [1.807, 2.05) is 24.3 Å². The lowest BCUT2D eigenvalue weighted by molar-refractivity contribution is -0.136. The molecule has 1 aromatic rings. The summed E-state index contributed by atoms with van der Waals surface area (Å²) in [5.41, 5.74) is 0.898. The molecule has 1 fully saturated rings. The number of nitrogens with one attached hydrogen (secondary N) is 2. The van der Waals surface area contributed by atoms with Crippen LogP contribution in [0.1, 0.15) is 12.5 Å². The van der Waals surface area contributed by atoms with Crippen molar-refractivity contribution >= 4 is 11.8 Å². The first-order chi connectivity index (χ1) is 8.61. The van der Waals surface area contributed by atoms with Crippen molar-refractivity contribution in [1.82, 2.24) is 10.6 Å². The van der Waals surface area contributed by atoms with Gasteiger partial charge >= 0.3 is 0 Å². The van der Waals surface area contributed by atoms with E-state index in [0.29, 0.717) is 6.42 Å². The first-order valence-electron chi connectivity index (χ1n) is 5.84. The Morgan fingerprint density at radius 3 is 2.61 bits per heavy atom. The summed E-state index contributed by atoms with van der Waals surface area (Å²) in [7, 11) is 1.58. The third kappa shape index (κ3) is 2.45. The second kappa shape index (κ2) is 5.08. The van der Waals surface area contributed by atoms with Crippen molar-refractivity contribution < 1.29 is 14.3 Å². The van der Waals surface area contributed by atoms with Crippen LogP contribution < -0.4 is 15.4 Å². The number of hydrogen-bond acceptors (Lipinski definition) is 3. The maximum Gasteiger partial charge on any atom is 0.243 e. The zero-order valence-electron chi connectivity index (χ0n) is 10.4. The molecule has 1 aliphatic heterocycles. The standard InChI is InChI=1S/C13H16N2O3/c1-8-12(16)15-10(13(17)14-8)7-9-5-3-4-6-11(9)18-2/h3-6,8,10H,7H2,1-2H3,(H,14,17)(H,15,16)/t8-,10-/m0/s1. The highest BCUT2D eigenvalue weighted by molar-refractivity contribution is 5.96. The predicted molar refractivity (Wildman–Crippen MR) is 66.2 cm³/mol. The summed E-state index contributed by atoms with van der Waals surface area (Å²) in [5.74, 6) is 0.403. The summed E-state index contributed by atoms with van der Waals surface area (Å²) in [6, 6.07) is 6.46. The molecular weight excluding hydrogens is 232 g/mol. The van der Waals surface area contributed by atoms with Crippen molar-refractivity contribution in [3.05, 3.63) is 29.8 Å². The highest BCUT2D eigenvalue weighted by Gasteiger charge is 2.31. The Hall–Kier alpha value is -2.04. The molecule has 0 spiro atoms. The number of amides is 2. The molecule has 1 aromatic carbocycles. The Morgan fingerprint density at radius 2 is 1.89 bits per heavy atom. The summed E-state index contributed by atoms with van der Waals surface area (Å²) < 4.78 is 5.23. The van der Waals surface area contributed by atoms with Gasteiger partial charge in [-0.25, -0.2) is 0 Å². The van der Waals surface area contributed by atoms with Gasteiger partial charge < -0.3 is 15.4 Å². The second-order valence-electron chi connectivity index (χ2n) is 4.31. The molecule has 96 valence electrons. The number of methoxy groups -OCH3 is 1. The highest BCUT2D eigenvalue weighted by atomic mass is 16.5. The maximum atomic E-state index is 11.8. The van der Waals surface area contributed by atoms with Crippen LogP contribution >= 0.6 is 0 Å². The van der Waals surface area contributed by atoms with E-state index in [9.17, 15) is 9.59 Å². The van der Waals surface area contributed by atoms with Crippen LogP contribution in [0.5, 0.6) is 5.75 Å². The van der Waals surface area contributed by atoms with E-state index < -0.39 is 12.1 Å². The number of carbonyl (C=O) groups excluding carboxylic acids is 2. The quantitative estimate of drug-likeness (QED) is 0.805. The Bertz CT molecular complexity index is 473. The molecule has 5 heteroatoms. The second-order valence-corrected chi connectivity index (χ2v) is 4.31. The normalized spacial score (nSPS) is 23.2. The number of para-hydroxylation sites is 1. The lowest BCUT2D eigenvalue weighted by Crippen LogP contribution is -2.61. The van der Waals surface area contributed by atoms with E-state index in [1.165, 1.54) is 0 Å². The van der Waals surface area contributed by atoms with Crippen molar-refractivity contribution in [3.8, 4) is 5.75 Å². The number of benzene rings is 1. The minimum Gasteiger partial charge on any atom is -0.496 e. The number of ether oxygens (including phenoxy) is 1. The molecule has 0 saturated carbocycles. The van der Waals surface area contributed by atoms with Gasteiger partial charge in [0, 0.05) is 6.42 Å². The lowest BCUT2D eigenvalue weighted by Gasteiger charge is -2.27. The summed E-state index contributed by atoms with van der Waals surface area (Å²) in [6.07, 6.45) is 0.425. The molecule has 5 nitrogen and oxygen atoms in total. The van der Waals surface area contributed by atoms with E-state index >= 15 is 0 Å². The van der Waals surface area contributed by atoms with Crippen LogP contribution in [0.15, 0.2) is 24.3 Å². The van der Waals surface area contributed by atoms with Crippen molar-refractivity contribution in [3.63, 3.8) is 0 Å². The van der Waals surface area contributed by atoms with Gasteiger partial charge in [0.05, 0.1) is 7.11 Å². The molecule has 18 heavy (non-hydrogen) atoms. The first kappa shape index (κ1) is 12.4. The lowest BCUT2D eigenvalue weighted by atomic mass is 10.0. The van der Waals surface area contributed by atoms with E-state index in [4.69, 9.17) is 4.74 Å². The molecule has 2 amide bonds. The zero-order valence-corrected chi connectivity index (χ0v) is 10.4. The SMILES string of the molecule is COc1ccccc1C[C@@H]1NC(=O)[C@H](C)NC1=O. The van der Waals surface area contributed by atoms with Crippen LogP contribution in [0.25, 0.3) is 0 Å². The van der Waals surface area contributed by atoms with Crippen LogP contribution in [-0.2, 0) is 16.0 Å². The van der Waals surface area contributed by atoms with Crippen LogP contribution in [0.4, 0.5) is 0 Å². The molecule has 0 unspecified atom stereocenters. The summed E-state index contributed by atoms with van der Waals surface area (Å²) >= 11 is 0. The molecule has 1 heterocycles. The predicted octanol–water partition coefficient (Wildman–Crippen LogP) is 0.241. The Morgan fingerprint density at radius 1 is 1.17 bits per heavy atom. The smallest absolute Gasteiger partial charge is 0.243 e. The fraction of sp³-hybridized carbons (Fsp3) is 0.385. The van der Waals surface area contributed by atoms with E-state index in [1.54, 1.807) is 14.0 Å². The van der Waals surface area contributed by atoms with Gasteiger partial charge in [0.1, 0.15) is 17.8 Å². The van der Waals surface area contributed by atoms with Gasteiger partial charge in [-0.15, -0.1) is 0 Å². The molecule has 2 atom stereocenters. The monoisotopic (exact) mass is 248 g/mol. The first-order valence-corrected chi connectivity index (χ1v) is 5.84. The van der Waals surface area contributed by atoms with Crippen LogP contribution in [0.3, 0.4) is 0 Å². The van der Waals surface area contributed by atoms with E-state index in [0.717, 1.165) is 11.3 Å². The summed E-state index contributed by atoms with van der Waals surface area (Å²) in [6.45, 7) is 1.66. The average molecular weight is 248 g/mol. The van der Waals surface area contributed by atoms with Crippen molar-refractivity contribution in [2.75, 3.05) is 7.11 Å². The van der Waals surface area contributed by atoms with Gasteiger partial charge in [-0.05, 0) is 18.6 Å². The molecule has 0 aliphatic carbocycles. The Kier molecular flexibility index (Phi) is 3.50. The van der Waals surface area contributed by atoms with E-state index in [-0.39, 0.29) is 11.8 Å². The van der Waals surface area contributed by atoms with Crippen LogP contribution in [0, 0.1) is 0 Å². The topological polar surface area (TPSA) is 67.4 Å². The minimum absolute atomic E-state index is 0.158. The van der Waals surface area contributed by atoms with Crippen LogP contribution in [0.2, 0.25) is 0 Å². The molecular formula is C13H16N2O3. The number of hydrogen-bond donors (Lipinski definition) is 2. The van der Waals surface area contributed by atoms with Gasteiger partial charge in [0.15, 0.2) is 0 Å². The van der Waals surface area contributed by atoms with Gasteiger partial charge in [0.25, 0.3) is 0 Å². The summed E-state index contributed by atoms with van der Waals surface area (Å²) in [4.78, 5) is 23.3. The molecule has 1 aliphatic rings. The maximum absolute atomic E-state index is 11.8. The number of piperazine rings is 1. The van der Waals surface area contributed by atoms with Gasteiger partial charge in [0.2, 0.25) is 11.8 Å². The molecule has 0 aromatic heterocycles. The van der Waals surface area contributed by atoms with Crippen molar-refractivity contribution in [1.29, 1.82) is 0 Å². The third-order valence-corrected chi connectivity index (χ3v) is 3.00. The fourth-order valence-electron chi connectivity index (χ4n) is 1.98. The molecule has 0 bridgehead atoms. The van der Waals surface area contributed by atoms with Crippen molar-refractivity contribution in [2.45, 2.75) is 25.4 Å². The number of carbonyl (C=O) groups is 2. The molecule has 2 N–H and O–H groups in total. The number of rotatable bonds is 3. The van der Waals surface area contributed by atoms with Gasteiger partial charge in [-0.1, -0.05) is 18.2 Å². The zero-order chi connectivity index (χ0) is 13.1. The van der Waals surface area contributed by atoms with Gasteiger partial charge in [-0.2, -0.15) is 0 Å². The van der Waals surface area contributed by atoms with Crippen molar-refractivity contribution in [2.24, 2.45) is 0 Å². The highest BCUT2D eigenvalue weighted by Crippen LogP contribution is 2.19.